The number of aryl methyl sites for hydroxylation is 3. The molecule has 182 valence electrons. The Balaban J connectivity index is 0.000000171. The zero-order valence-corrected chi connectivity index (χ0v) is 24.0. The molecule has 0 saturated carbocycles. The summed E-state index contributed by atoms with van der Waals surface area (Å²) in [5, 5.41) is 1.52. The van der Waals surface area contributed by atoms with Gasteiger partial charge in [0.25, 0.3) is 0 Å². The van der Waals surface area contributed by atoms with E-state index in [1.54, 1.807) is 9.44 Å². The van der Waals surface area contributed by atoms with Crippen LogP contribution in [0.15, 0.2) is 137 Å². The van der Waals surface area contributed by atoms with Gasteiger partial charge in [-0.2, -0.15) is 0 Å². The first-order valence-electron chi connectivity index (χ1n) is 13.1. The third-order valence-corrected chi connectivity index (χ3v) is 12.0. The molecular weight excluding hydrogens is 499 g/mol. The maximum absolute atomic E-state index is 2.52. The number of hydrogen-bond donors (Lipinski definition) is 0. The molecule has 0 aliphatic heterocycles. The van der Waals surface area contributed by atoms with Crippen LogP contribution in [0.1, 0.15) is 34.2 Å². The topological polar surface area (TPSA) is 0 Å². The van der Waals surface area contributed by atoms with Crippen LogP contribution in [-0.2, 0) is 35.5 Å². The van der Waals surface area contributed by atoms with E-state index >= 15 is 0 Å². The van der Waals surface area contributed by atoms with Crippen LogP contribution in [0.5, 0.6) is 0 Å². The number of rotatable bonds is 7. The Morgan fingerprint density at radius 3 is 2.00 bits per heavy atom. The summed E-state index contributed by atoms with van der Waals surface area (Å²) in [5.74, 6) is 0. The minimum Gasteiger partial charge on any atom is -0.0622 e. The normalized spacial score (nSPS) is 17.4. The molecule has 2 aliphatic carbocycles. The van der Waals surface area contributed by atoms with Crippen molar-refractivity contribution >= 4 is 20.0 Å². The van der Waals surface area contributed by atoms with Gasteiger partial charge in [0, 0.05) is 0 Å². The first-order chi connectivity index (χ1) is 18.2. The van der Waals surface area contributed by atoms with Crippen LogP contribution in [0.25, 0.3) is 6.08 Å². The fourth-order valence-corrected chi connectivity index (χ4v) is 10.2. The van der Waals surface area contributed by atoms with E-state index in [-0.39, 0.29) is 22.6 Å². The van der Waals surface area contributed by atoms with E-state index in [2.05, 4.69) is 146 Å². The molecule has 0 heterocycles. The summed E-state index contributed by atoms with van der Waals surface area (Å²) in [4.78, 5) is 0. The predicted octanol–water partition coefficient (Wildman–Crippen LogP) is 8.58. The van der Waals surface area contributed by atoms with Gasteiger partial charge >= 0.3 is 149 Å². The minimum absolute atomic E-state index is 0.236. The van der Waals surface area contributed by atoms with Gasteiger partial charge in [-0.15, -0.1) is 0 Å². The Hall–Kier alpha value is -2.76. The Labute approximate surface area is 233 Å². The first-order valence-corrected chi connectivity index (χ1v) is 15.6. The second kappa shape index (κ2) is 12.7. The van der Waals surface area contributed by atoms with E-state index in [4.69, 9.17) is 0 Å². The van der Waals surface area contributed by atoms with Crippen LogP contribution in [0.2, 0.25) is 0 Å². The van der Waals surface area contributed by atoms with Crippen LogP contribution < -0.4 is 5.30 Å². The van der Waals surface area contributed by atoms with Crippen LogP contribution in [0.4, 0.5) is 0 Å². The van der Waals surface area contributed by atoms with Gasteiger partial charge in [0.05, 0.1) is 0 Å². The number of fused-ring (bicyclic) bond motifs is 1. The Morgan fingerprint density at radius 1 is 0.730 bits per heavy atom. The molecule has 4 aromatic rings. The number of benzene rings is 4. The Morgan fingerprint density at radius 2 is 1.35 bits per heavy atom. The molecule has 0 spiro atoms. The molecule has 0 N–H and O–H groups in total. The number of hydrogen-bond acceptors (Lipinski definition) is 0. The van der Waals surface area contributed by atoms with Crippen LogP contribution in [0.3, 0.4) is 0 Å². The molecule has 2 unspecified atom stereocenters. The second-order valence-electron chi connectivity index (χ2n) is 9.59. The van der Waals surface area contributed by atoms with Crippen molar-refractivity contribution in [1.82, 2.24) is 0 Å². The van der Waals surface area contributed by atoms with Crippen molar-refractivity contribution in [2.45, 2.75) is 29.6 Å². The van der Waals surface area contributed by atoms with E-state index in [0.29, 0.717) is 0 Å². The van der Waals surface area contributed by atoms with Crippen molar-refractivity contribution in [3.05, 3.63) is 165 Å². The Bertz CT molecular complexity index is 1360. The SMILES string of the molecule is Cc1ccccc1P[C]1([Ti][C]2=CC=CC2)C=Cc2ccccc21.c1ccc(CCc2ccccc2)cc1. The molecular formula is C35H33PTi. The van der Waals surface area contributed by atoms with E-state index in [1.807, 2.05) is 0 Å². The fraction of sp³-hybridized carbons (Fsp3) is 0.143. The molecule has 0 radical (unpaired) electrons. The van der Waals surface area contributed by atoms with Crippen LogP contribution >= 0.6 is 8.58 Å². The maximum atomic E-state index is 2.52. The third kappa shape index (κ3) is 6.77. The van der Waals surface area contributed by atoms with Crippen LogP contribution in [-0.4, -0.2) is 0 Å². The summed E-state index contributed by atoms with van der Waals surface area (Å²) in [6.45, 7) is 2.25. The average Bonchev–Trinajstić information content (AvgIpc) is 3.59. The van der Waals surface area contributed by atoms with Gasteiger partial charge < -0.3 is 0 Å². The van der Waals surface area contributed by atoms with E-state index in [9.17, 15) is 0 Å². The first kappa shape index (κ1) is 25.9. The molecule has 2 atom stereocenters. The fourth-order valence-electron chi connectivity index (χ4n) is 4.85. The average molecular weight is 532 g/mol. The zero-order valence-electron chi connectivity index (χ0n) is 21.4. The van der Waals surface area contributed by atoms with E-state index in [1.165, 1.54) is 27.6 Å². The summed E-state index contributed by atoms with van der Waals surface area (Å²) in [6, 6.07) is 39.1. The summed E-state index contributed by atoms with van der Waals surface area (Å²) in [5.41, 5.74) is 7.22. The van der Waals surface area contributed by atoms with Crippen molar-refractivity contribution in [3.8, 4) is 0 Å². The van der Waals surface area contributed by atoms with Gasteiger partial charge in [-0.1, -0.05) is 60.7 Å². The largest absolute Gasteiger partial charge is 0.0622 e. The van der Waals surface area contributed by atoms with Gasteiger partial charge in [0.1, 0.15) is 0 Å². The molecule has 0 amide bonds. The summed E-state index contributed by atoms with van der Waals surface area (Å²) < 4.78 is 1.92. The maximum Gasteiger partial charge on any atom is -0.0238 e. The van der Waals surface area contributed by atoms with Crippen molar-refractivity contribution < 1.29 is 19.2 Å². The second-order valence-corrected chi connectivity index (χ2v) is 14.6. The molecule has 0 fully saturated rings. The molecule has 0 nitrogen and oxygen atoms in total. The molecule has 2 heteroatoms. The molecule has 0 saturated heterocycles. The van der Waals surface area contributed by atoms with Crippen molar-refractivity contribution in [2.75, 3.05) is 0 Å². The van der Waals surface area contributed by atoms with E-state index in [0.717, 1.165) is 27.8 Å². The van der Waals surface area contributed by atoms with Crippen molar-refractivity contribution in [3.63, 3.8) is 0 Å². The standard InChI is InChI=1S/C16H14P.C14H14.C5H5.Ti/c1-12-6-2-5-9-15(12)17-16-11-10-13-7-3-4-8-14(13)16;1-3-7-13(8-4-1)11-12-14-9-5-2-6-10-14;1-2-4-5-3-1;/h2-11,17H,1H3;1-10H,11-12H2;1-3H,4H2;. The van der Waals surface area contributed by atoms with Gasteiger partial charge in [-0.3, -0.25) is 0 Å². The summed E-state index contributed by atoms with van der Waals surface area (Å²) in [7, 11) is 0.821. The molecule has 2 aliphatic rings. The summed E-state index contributed by atoms with van der Waals surface area (Å²) >= 11 is -0.236. The van der Waals surface area contributed by atoms with Gasteiger partial charge in [-0.05, 0) is 24.0 Å². The third-order valence-electron chi connectivity index (χ3n) is 6.89. The van der Waals surface area contributed by atoms with Crippen molar-refractivity contribution in [1.29, 1.82) is 0 Å². The predicted molar refractivity (Wildman–Crippen MR) is 158 cm³/mol. The molecule has 4 aromatic carbocycles. The van der Waals surface area contributed by atoms with Gasteiger partial charge in [0.15, 0.2) is 0 Å². The Kier molecular flexibility index (Phi) is 8.86. The quantitative estimate of drug-likeness (QED) is 0.165. The molecule has 0 aromatic heterocycles. The zero-order chi connectivity index (χ0) is 25.3. The van der Waals surface area contributed by atoms with Gasteiger partial charge in [-0.25, -0.2) is 0 Å². The monoisotopic (exact) mass is 532 g/mol. The summed E-state index contributed by atoms with van der Waals surface area (Å²) in [6.07, 6.45) is 15.2. The van der Waals surface area contributed by atoms with Crippen LogP contribution in [0, 0.1) is 6.92 Å². The molecule has 37 heavy (non-hydrogen) atoms. The smallest absolute Gasteiger partial charge is 0.0238 e. The van der Waals surface area contributed by atoms with Gasteiger partial charge in [0.2, 0.25) is 0 Å². The number of allylic oxidation sites excluding steroid dienone is 5. The molecule has 6 rings (SSSR count). The molecule has 0 bridgehead atoms. The van der Waals surface area contributed by atoms with E-state index < -0.39 is 0 Å². The van der Waals surface area contributed by atoms with Crippen molar-refractivity contribution in [2.24, 2.45) is 0 Å². The minimum atomic E-state index is -0.236.